The van der Waals surface area contributed by atoms with E-state index in [4.69, 9.17) is 4.74 Å². The predicted molar refractivity (Wildman–Crippen MR) is 153 cm³/mol. The minimum Gasteiger partial charge on any atom is -0.497 e. The van der Waals surface area contributed by atoms with Gasteiger partial charge >= 0.3 is 12.1 Å². The van der Waals surface area contributed by atoms with Gasteiger partial charge in [-0.3, -0.25) is 9.78 Å². The Morgan fingerprint density at radius 1 is 1.10 bits per heavy atom. The topological polar surface area (TPSA) is 62.7 Å². The number of halogens is 3. The van der Waals surface area contributed by atoms with Crippen molar-refractivity contribution in [1.29, 1.82) is 0 Å². The number of aryl methyl sites for hydroxylation is 1. The first-order valence-corrected chi connectivity index (χ1v) is 14.9. The number of likely N-dealkylation sites (tertiary alicyclic amines) is 1. The lowest BCUT2D eigenvalue weighted by Gasteiger charge is -2.39. The van der Waals surface area contributed by atoms with Gasteiger partial charge in [0.05, 0.1) is 18.2 Å². The van der Waals surface area contributed by atoms with Crippen LogP contribution in [0.3, 0.4) is 0 Å². The Morgan fingerprint density at radius 2 is 1.90 bits per heavy atom. The molecular weight excluding hydrogens is 537 g/mol. The number of pyridine rings is 1. The Balaban J connectivity index is 1.26. The van der Waals surface area contributed by atoms with E-state index in [9.17, 15) is 23.1 Å². The number of carboxylic acids is 1. The second-order valence-electron chi connectivity index (χ2n) is 10.5. The molecule has 3 aromatic rings. The largest absolute Gasteiger partial charge is 0.497 e. The molecule has 2 heterocycles. The van der Waals surface area contributed by atoms with E-state index in [1.165, 1.54) is 17.7 Å². The molecule has 0 radical (unpaired) electrons. The fourth-order valence-electron chi connectivity index (χ4n) is 5.68. The van der Waals surface area contributed by atoms with E-state index in [-0.39, 0.29) is 6.42 Å². The molecule has 40 heavy (non-hydrogen) atoms. The summed E-state index contributed by atoms with van der Waals surface area (Å²) >= 11 is 1.57. The highest BCUT2D eigenvalue weighted by Gasteiger charge is 2.30. The first-order chi connectivity index (χ1) is 19.2. The molecule has 1 aliphatic heterocycles. The van der Waals surface area contributed by atoms with E-state index >= 15 is 0 Å². The van der Waals surface area contributed by atoms with Crippen molar-refractivity contribution in [2.45, 2.75) is 56.0 Å². The fourth-order valence-corrected chi connectivity index (χ4v) is 6.51. The third-order valence-electron chi connectivity index (χ3n) is 7.83. The van der Waals surface area contributed by atoms with Gasteiger partial charge in [0.2, 0.25) is 0 Å². The van der Waals surface area contributed by atoms with Crippen molar-refractivity contribution in [2.75, 3.05) is 32.5 Å². The number of methoxy groups -OCH3 is 1. The van der Waals surface area contributed by atoms with Gasteiger partial charge < -0.3 is 14.7 Å². The van der Waals surface area contributed by atoms with E-state index < -0.39 is 17.7 Å². The summed E-state index contributed by atoms with van der Waals surface area (Å²) < 4.78 is 43.7. The summed E-state index contributed by atoms with van der Waals surface area (Å²) in [5.41, 5.74) is 1.60. The number of alkyl halides is 3. The monoisotopic (exact) mass is 574 g/mol. The van der Waals surface area contributed by atoms with Gasteiger partial charge in [-0.15, -0.1) is 11.8 Å². The number of hydrogen-bond acceptors (Lipinski definition) is 5. The van der Waals surface area contributed by atoms with E-state index in [1.807, 2.05) is 24.4 Å². The first kappa shape index (κ1) is 30.2. The molecule has 4 rings (SSSR count). The van der Waals surface area contributed by atoms with Crippen LogP contribution >= 0.6 is 11.8 Å². The van der Waals surface area contributed by atoms with Crippen LogP contribution in [0.5, 0.6) is 5.75 Å². The van der Waals surface area contributed by atoms with Crippen LogP contribution < -0.4 is 4.74 Å². The van der Waals surface area contributed by atoms with Gasteiger partial charge in [0.15, 0.2) is 0 Å². The Hall–Kier alpha value is -2.78. The van der Waals surface area contributed by atoms with Gasteiger partial charge in [0.25, 0.3) is 0 Å². The zero-order valence-electron chi connectivity index (χ0n) is 22.8. The molecular formula is C31H37F3N2O3S. The van der Waals surface area contributed by atoms with Crippen molar-refractivity contribution in [3.63, 3.8) is 0 Å². The highest BCUT2D eigenvalue weighted by molar-refractivity contribution is 7.99. The molecule has 2 unspecified atom stereocenters. The second-order valence-corrected chi connectivity index (χ2v) is 11.7. The molecule has 5 nitrogen and oxygen atoms in total. The standard InChI is InChI=1S/C31H37F3N2O3S/c1-39-26-9-12-29-28(20-26)23(14-16-35-29)5-2-4-22-15-18-36(21-24(22)6-13-30(37)38)17-3-19-40-27-10-7-25(8-11-27)31(32,33)34/h7-12,14,16,20,22,24H,2-6,13,15,17-19,21H2,1H3,(H,37,38). The number of carboxylic acid groups (broad SMARTS) is 1. The number of aliphatic carboxylic acids is 1. The molecule has 0 saturated carbocycles. The number of rotatable bonds is 13. The molecule has 1 saturated heterocycles. The van der Waals surface area contributed by atoms with Gasteiger partial charge in [-0.05, 0) is 123 Å². The average Bonchev–Trinajstić information content (AvgIpc) is 2.94. The molecule has 2 atom stereocenters. The molecule has 1 N–H and O–H groups in total. The summed E-state index contributed by atoms with van der Waals surface area (Å²) in [4.78, 5) is 19.1. The number of carbonyl (C=O) groups is 1. The third kappa shape index (κ3) is 8.61. The van der Waals surface area contributed by atoms with Gasteiger partial charge in [-0.1, -0.05) is 0 Å². The molecule has 9 heteroatoms. The molecule has 0 spiro atoms. The molecule has 0 aliphatic carbocycles. The molecule has 2 aromatic carbocycles. The van der Waals surface area contributed by atoms with Crippen molar-refractivity contribution in [3.05, 3.63) is 65.9 Å². The first-order valence-electron chi connectivity index (χ1n) is 13.9. The van der Waals surface area contributed by atoms with E-state index in [0.29, 0.717) is 18.3 Å². The fraction of sp³-hybridized carbons (Fsp3) is 0.484. The molecule has 0 bridgehead atoms. The van der Waals surface area contributed by atoms with E-state index in [0.717, 1.165) is 91.2 Å². The minimum atomic E-state index is -4.31. The van der Waals surface area contributed by atoms with Gasteiger partial charge in [0.1, 0.15) is 5.75 Å². The Morgan fingerprint density at radius 3 is 2.62 bits per heavy atom. The van der Waals surface area contributed by atoms with Crippen LogP contribution in [0.15, 0.2) is 59.6 Å². The van der Waals surface area contributed by atoms with Crippen molar-refractivity contribution >= 4 is 28.6 Å². The van der Waals surface area contributed by atoms with Crippen LogP contribution in [-0.4, -0.2) is 53.5 Å². The van der Waals surface area contributed by atoms with Crippen molar-refractivity contribution in [1.82, 2.24) is 9.88 Å². The lowest BCUT2D eigenvalue weighted by molar-refractivity contribution is -0.138. The molecule has 1 aliphatic rings. The maximum atomic E-state index is 12.8. The van der Waals surface area contributed by atoms with Gasteiger partial charge in [0, 0.05) is 29.4 Å². The number of piperidine rings is 1. The SMILES string of the molecule is COc1ccc2nccc(CCCC3CCN(CCCSc4ccc(C(F)(F)F)cc4)CC3CCC(=O)O)c2c1. The highest BCUT2D eigenvalue weighted by atomic mass is 32.2. The Kier molecular flexibility index (Phi) is 10.7. The molecule has 1 aromatic heterocycles. The maximum absolute atomic E-state index is 12.8. The van der Waals surface area contributed by atoms with Crippen LogP contribution in [0.1, 0.15) is 49.7 Å². The zero-order valence-corrected chi connectivity index (χ0v) is 23.6. The van der Waals surface area contributed by atoms with Crippen LogP contribution in [-0.2, 0) is 17.4 Å². The summed E-state index contributed by atoms with van der Waals surface area (Å²) in [7, 11) is 1.67. The number of thioether (sulfide) groups is 1. The predicted octanol–water partition coefficient (Wildman–Crippen LogP) is 7.57. The van der Waals surface area contributed by atoms with Gasteiger partial charge in [-0.25, -0.2) is 0 Å². The number of ether oxygens (including phenoxy) is 1. The summed E-state index contributed by atoms with van der Waals surface area (Å²) in [6, 6.07) is 13.4. The van der Waals surface area contributed by atoms with E-state index in [2.05, 4.69) is 16.0 Å². The third-order valence-corrected chi connectivity index (χ3v) is 8.93. The number of nitrogens with zero attached hydrogens (tertiary/aromatic N) is 2. The Labute approximate surface area is 238 Å². The lowest BCUT2D eigenvalue weighted by Crippen LogP contribution is -2.41. The summed E-state index contributed by atoms with van der Waals surface area (Å²) in [5.74, 6) is 1.75. The second kappa shape index (κ2) is 14.2. The average molecular weight is 575 g/mol. The van der Waals surface area contributed by atoms with E-state index in [1.54, 1.807) is 18.9 Å². The summed E-state index contributed by atoms with van der Waals surface area (Å²) in [6.07, 6.45) is 3.45. The lowest BCUT2D eigenvalue weighted by atomic mass is 9.79. The minimum absolute atomic E-state index is 0.188. The zero-order chi connectivity index (χ0) is 28.5. The smallest absolute Gasteiger partial charge is 0.416 e. The maximum Gasteiger partial charge on any atom is 0.416 e. The molecule has 0 amide bonds. The number of fused-ring (bicyclic) bond motifs is 1. The van der Waals surface area contributed by atoms with Crippen LogP contribution in [0.25, 0.3) is 10.9 Å². The normalized spacial score (nSPS) is 18.2. The van der Waals surface area contributed by atoms with Crippen molar-refractivity contribution in [2.24, 2.45) is 11.8 Å². The van der Waals surface area contributed by atoms with Crippen LogP contribution in [0.4, 0.5) is 13.2 Å². The number of aromatic nitrogens is 1. The molecule has 1 fully saturated rings. The highest BCUT2D eigenvalue weighted by Crippen LogP contribution is 2.33. The van der Waals surface area contributed by atoms with Gasteiger partial charge in [-0.2, -0.15) is 13.2 Å². The quantitative estimate of drug-likeness (QED) is 0.168. The molecule has 216 valence electrons. The van der Waals surface area contributed by atoms with Crippen LogP contribution in [0.2, 0.25) is 0 Å². The summed E-state index contributed by atoms with van der Waals surface area (Å²) in [5, 5.41) is 10.4. The van der Waals surface area contributed by atoms with Crippen molar-refractivity contribution < 1.29 is 27.8 Å². The summed E-state index contributed by atoms with van der Waals surface area (Å²) in [6.45, 7) is 2.81. The number of benzene rings is 2. The van der Waals surface area contributed by atoms with Crippen LogP contribution in [0, 0.1) is 11.8 Å². The van der Waals surface area contributed by atoms with Crippen molar-refractivity contribution in [3.8, 4) is 5.75 Å². The number of hydrogen-bond donors (Lipinski definition) is 1. The Bertz CT molecular complexity index is 1250.